The molecule has 0 saturated heterocycles. The molecule has 0 saturated carbocycles. The number of aromatic nitrogens is 1. The summed E-state index contributed by atoms with van der Waals surface area (Å²) in [6, 6.07) is 10.3. The Bertz CT molecular complexity index is 822. The molecule has 3 heterocycles. The van der Waals surface area contributed by atoms with Crippen molar-refractivity contribution in [1.29, 1.82) is 0 Å². The number of rotatable bonds is 5. The van der Waals surface area contributed by atoms with E-state index in [2.05, 4.69) is 32.7 Å². The molecule has 2 aromatic heterocycles. The third kappa shape index (κ3) is 3.50. The van der Waals surface area contributed by atoms with Gasteiger partial charge in [0.05, 0.1) is 21.8 Å². The molecule has 4 rings (SSSR count). The van der Waals surface area contributed by atoms with E-state index >= 15 is 0 Å². The molecule has 124 valence electrons. The van der Waals surface area contributed by atoms with Crippen LogP contribution in [0.2, 0.25) is 0 Å². The lowest BCUT2D eigenvalue weighted by molar-refractivity contribution is -0.122. The lowest BCUT2D eigenvalue weighted by atomic mass is 10.1. The molecule has 1 aliphatic heterocycles. The molecule has 1 aliphatic rings. The second-order valence-corrected chi connectivity index (χ2v) is 8.12. The molecule has 0 bridgehead atoms. The van der Waals surface area contributed by atoms with Crippen LogP contribution in [0.5, 0.6) is 0 Å². The number of benzene rings is 1. The van der Waals surface area contributed by atoms with Gasteiger partial charge in [-0.2, -0.15) is 0 Å². The minimum Gasteiger partial charge on any atom is -0.355 e. The fourth-order valence-electron chi connectivity index (χ4n) is 3.04. The van der Waals surface area contributed by atoms with Crippen LogP contribution in [-0.4, -0.2) is 35.4 Å². The summed E-state index contributed by atoms with van der Waals surface area (Å²) in [6.07, 6.45) is 1.85. The van der Waals surface area contributed by atoms with Gasteiger partial charge in [0.25, 0.3) is 0 Å². The molecule has 0 spiro atoms. The first-order chi connectivity index (χ1) is 11.8. The molecule has 4 nitrogen and oxygen atoms in total. The maximum Gasteiger partial charge on any atom is 0.234 e. The average molecular weight is 358 g/mol. The van der Waals surface area contributed by atoms with Crippen LogP contribution in [0.3, 0.4) is 0 Å². The number of thiophene rings is 1. The largest absolute Gasteiger partial charge is 0.355 e. The van der Waals surface area contributed by atoms with Gasteiger partial charge >= 0.3 is 0 Å². The third-order valence-electron chi connectivity index (χ3n) is 4.25. The van der Waals surface area contributed by atoms with Crippen molar-refractivity contribution in [3.63, 3.8) is 0 Å². The maximum atomic E-state index is 12.2. The number of hydrogen-bond donors (Lipinski definition) is 1. The monoisotopic (exact) mass is 357 g/mol. The molecule has 6 heteroatoms. The SMILES string of the molecule is O=C(CN1CCc2sccc2C1)NCCc1nc2ccccc2s1. The molecule has 24 heavy (non-hydrogen) atoms. The zero-order valence-electron chi connectivity index (χ0n) is 13.3. The Hall–Kier alpha value is -1.76. The van der Waals surface area contributed by atoms with E-state index in [-0.39, 0.29) is 5.91 Å². The van der Waals surface area contributed by atoms with E-state index in [1.54, 1.807) is 11.3 Å². The number of para-hydroxylation sites is 1. The lowest BCUT2D eigenvalue weighted by Gasteiger charge is -2.26. The zero-order chi connectivity index (χ0) is 16.4. The number of hydrogen-bond acceptors (Lipinski definition) is 5. The summed E-state index contributed by atoms with van der Waals surface area (Å²) in [7, 11) is 0. The van der Waals surface area contributed by atoms with Crippen molar-refractivity contribution < 1.29 is 4.79 Å². The smallest absolute Gasteiger partial charge is 0.234 e. The molecular formula is C18H19N3OS2. The van der Waals surface area contributed by atoms with Crippen molar-refractivity contribution in [3.8, 4) is 0 Å². The fourth-order valence-corrected chi connectivity index (χ4v) is 4.89. The molecule has 0 atom stereocenters. The molecule has 1 amide bonds. The van der Waals surface area contributed by atoms with E-state index in [9.17, 15) is 4.79 Å². The van der Waals surface area contributed by atoms with E-state index < -0.39 is 0 Å². The maximum absolute atomic E-state index is 12.2. The number of amides is 1. The van der Waals surface area contributed by atoms with Crippen molar-refractivity contribution in [1.82, 2.24) is 15.2 Å². The summed E-state index contributed by atoms with van der Waals surface area (Å²) < 4.78 is 1.21. The van der Waals surface area contributed by atoms with Gasteiger partial charge in [0.15, 0.2) is 0 Å². The van der Waals surface area contributed by atoms with Gasteiger partial charge < -0.3 is 5.32 Å². The number of nitrogens with zero attached hydrogens (tertiary/aromatic N) is 2. The zero-order valence-corrected chi connectivity index (χ0v) is 15.0. The molecule has 0 unspecified atom stereocenters. The van der Waals surface area contributed by atoms with Gasteiger partial charge in [-0.15, -0.1) is 22.7 Å². The first-order valence-corrected chi connectivity index (χ1v) is 9.86. The van der Waals surface area contributed by atoms with Crippen LogP contribution < -0.4 is 5.32 Å². The van der Waals surface area contributed by atoms with Crippen LogP contribution in [0.15, 0.2) is 35.7 Å². The lowest BCUT2D eigenvalue weighted by Crippen LogP contribution is -2.40. The Morgan fingerprint density at radius 1 is 1.29 bits per heavy atom. The molecule has 0 aliphatic carbocycles. The van der Waals surface area contributed by atoms with Gasteiger partial charge in [0, 0.05) is 30.9 Å². The quantitative estimate of drug-likeness (QED) is 0.763. The topological polar surface area (TPSA) is 45.2 Å². The van der Waals surface area contributed by atoms with Crippen LogP contribution in [0.4, 0.5) is 0 Å². The Balaban J connectivity index is 1.25. The van der Waals surface area contributed by atoms with Gasteiger partial charge in [-0.1, -0.05) is 12.1 Å². The molecule has 1 N–H and O–H groups in total. The highest BCUT2D eigenvalue weighted by Crippen LogP contribution is 2.24. The van der Waals surface area contributed by atoms with Crippen LogP contribution in [0.1, 0.15) is 15.4 Å². The third-order valence-corrected chi connectivity index (χ3v) is 6.37. The highest BCUT2D eigenvalue weighted by atomic mass is 32.1. The van der Waals surface area contributed by atoms with E-state index in [1.165, 1.54) is 15.1 Å². The highest BCUT2D eigenvalue weighted by Gasteiger charge is 2.19. The number of carbonyl (C=O) groups is 1. The van der Waals surface area contributed by atoms with Crippen molar-refractivity contribution in [3.05, 3.63) is 51.2 Å². The van der Waals surface area contributed by atoms with Crippen LogP contribution in [-0.2, 0) is 24.2 Å². The molecule has 0 fully saturated rings. The summed E-state index contributed by atoms with van der Waals surface area (Å²) in [4.78, 5) is 20.5. The Morgan fingerprint density at radius 3 is 3.12 bits per heavy atom. The number of carbonyl (C=O) groups excluding carboxylic acids is 1. The summed E-state index contributed by atoms with van der Waals surface area (Å²) in [6.45, 7) is 2.99. The minimum absolute atomic E-state index is 0.106. The average Bonchev–Trinajstić information content (AvgIpc) is 3.20. The summed E-state index contributed by atoms with van der Waals surface area (Å²) in [5.41, 5.74) is 2.43. The highest BCUT2D eigenvalue weighted by molar-refractivity contribution is 7.18. The van der Waals surface area contributed by atoms with Crippen molar-refractivity contribution in [2.45, 2.75) is 19.4 Å². The normalized spacial score (nSPS) is 14.7. The molecular weight excluding hydrogens is 338 g/mol. The molecule has 1 aromatic carbocycles. The predicted octanol–water partition coefficient (Wildman–Crippen LogP) is 3.07. The van der Waals surface area contributed by atoms with E-state index in [1.807, 2.05) is 29.5 Å². The second kappa shape index (κ2) is 7.01. The van der Waals surface area contributed by atoms with Crippen LogP contribution in [0, 0.1) is 0 Å². The number of fused-ring (bicyclic) bond motifs is 2. The van der Waals surface area contributed by atoms with Gasteiger partial charge in [-0.3, -0.25) is 9.69 Å². The summed E-state index contributed by atoms with van der Waals surface area (Å²) in [5, 5.41) is 6.26. The van der Waals surface area contributed by atoms with Gasteiger partial charge in [-0.05, 0) is 35.6 Å². The number of nitrogens with one attached hydrogen (secondary N) is 1. The van der Waals surface area contributed by atoms with Gasteiger partial charge in [-0.25, -0.2) is 4.98 Å². The fraction of sp³-hybridized carbons (Fsp3) is 0.333. The first-order valence-electron chi connectivity index (χ1n) is 8.17. The number of thiazole rings is 1. The Kier molecular flexibility index (Phi) is 4.60. The van der Waals surface area contributed by atoms with Gasteiger partial charge in [0.1, 0.15) is 0 Å². The summed E-state index contributed by atoms with van der Waals surface area (Å²) >= 11 is 3.53. The molecule has 3 aromatic rings. The van der Waals surface area contributed by atoms with E-state index in [4.69, 9.17) is 0 Å². The summed E-state index contributed by atoms with van der Waals surface area (Å²) in [5.74, 6) is 0.106. The Labute approximate surface area is 149 Å². The van der Waals surface area contributed by atoms with Crippen molar-refractivity contribution >= 4 is 38.8 Å². The van der Waals surface area contributed by atoms with Gasteiger partial charge in [0.2, 0.25) is 5.91 Å². The first kappa shape index (κ1) is 15.7. The standard InChI is InChI=1S/C18H19N3OS2/c22-17(12-21-9-6-15-13(11-21)7-10-23-15)19-8-5-18-20-14-3-1-2-4-16(14)24-18/h1-4,7,10H,5-6,8-9,11-12H2,(H,19,22). The predicted molar refractivity (Wildman–Crippen MR) is 99.6 cm³/mol. The van der Waals surface area contributed by atoms with Crippen LogP contribution >= 0.6 is 22.7 Å². The van der Waals surface area contributed by atoms with Crippen LogP contribution in [0.25, 0.3) is 10.2 Å². The second-order valence-electron chi connectivity index (χ2n) is 6.00. The minimum atomic E-state index is 0.106. The molecule has 0 radical (unpaired) electrons. The van der Waals surface area contributed by atoms with Crippen molar-refractivity contribution in [2.75, 3.05) is 19.6 Å². The van der Waals surface area contributed by atoms with E-state index in [0.717, 1.165) is 36.5 Å². The Morgan fingerprint density at radius 2 is 2.21 bits per heavy atom. The van der Waals surface area contributed by atoms with Crippen molar-refractivity contribution in [2.24, 2.45) is 0 Å². The van der Waals surface area contributed by atoms with E-state index in [0.29, 0.717) is 13.1 Å².